The van der Waals surface area contributed by atoms with Crippen LogP contribution in [0.25, 0.3) is 10.8 Å². The number of nitrogens with zero attached hydrogens (tertiary/aromatic N) is 6. The van der Waals surface area contributed by atoms with Crippen LogP contribution in [0.5, 0.6) is 5.75 Å². The Morgan fingerprint density at radius 3 is 2.16 bits per heavy atom. The summed E-state index contributed by atoms with van der Waals surface area (Å²) in [5, 5.41) is 56.4. The average Bonchev–Trinajstić information content (AvgIpc) is 3.15. The molecular formula is C28H18F2N8Na4O15S5. The van der Waals surface area contributed by atoms with Crippen molar-refractivity contribution in [3.63, 3.8) is 0 Å². The van der Waals surface area contributed by atoms with Gasteiger partial charge in [-0.1, -0.05) is 0 Å². The number of azo groups is 2. The molecular weight excluding hydrogens is 979 g/mol. The van der Waals surface area contributed by atoms with E-state index < -0.39 is 93.1 Å². The maximum Gasteiger partial charge on any atom is 1.00 e. The van der Waals surface area contributed by atoms with E-state index in [1.165, 1.54) is 18.2 Å². The smallest absolute Gasteiger partial charge is 0.768 e. The minimum Gasteiger partial charge on any atom is -0.768 e. The van der Waals surface area contributed by atoms with E-state index in [1.807, 2.05) is 0 Å². The number of phenolic OH excluding ortho intramolecular Hbond substituents is 1. The molecule has 0 aliphatic rings. The van der Waals surface area contributed by atoms with Crippen molar-refractivity contribution in [1.29, 1.82) is 0 Å². The number of fused-ring (bicyclic) bond motifs is 1. The number of anilines is 3. The maximum absolute atomic E-state index is 13.6. The number of phenols is 1. The van der Waals surface area contributed by atoms with Gasteiger partial charge >= 0.3 is 124 Å². The fourth-order valence-corrected chi connectivity index (χ4v) is 7.75. The first-order chi connectivity index (χ1) is 27.5. The molecule has 1 heterocycles. The molecule has 0 fully saturated rings. The fraction of sp³-hybridized carbons (Fsp3) is 0.0714. The molecule has 34 heteroatoms. The van der Waals surface area contributed by atoms with Gasteiger partial charge in [0.25, 0.3) is 0 Å². The van der Waals surface area contributed by atoms with Crippen molar-refractivity contribution >= 4 is 106 Å². The minimum absolute atomic E-state index is 0. The van der Waals surface area contributed by atoms with Crippen molar-refractivity contribution in [2.24, 2.45) is 20.5 Å². The van der Waals surface area contributed by atoms with Crippen molar-refractivity contribution < 1.29 is 196 Å². The molecule has 1 atom stereocenters. The third-order valence-corrected chi connectivity index (χ3v) is 11.3. The number of rotatable bonds is 18. The Morgan fingerprint density at radius 2 is 1.52 bits per heavy atom. The van der Waals surface area contributed by atoms with Crippen LogP contribution in [0.15, 0.2) is 101 Å². The number of nitrogen functional groups attached to an aromatic ring is 1. The number of sulfone groups is 1. The average molecular weight is 997 g/mol. The summed E-state index contributed by atoms with van der Waals surface area (Å²) in [4.78, 5) is 3.95. The predicted octanol–water partition coefficient (Wildman–Crippen LogP) is -8.26. The molecule has 1 unspecified atom stereocenters. The molecule has 1 aromatic heterocycles. The molecule has 0 bridgehead atoms. The van der Waals surface area contributed by atoms with Crippen LogP contribution >= 0.6 is 24.4 Å². The van der Waals surface area contributed by atoms with Crippen molar-refractivity contribution in [1.82, 2.24) is 9.97 Å². The molecule has 23 nitrogen and oxygen atoms in total. The Morgan fingerprint density at radius 1 is 0.839 bits per heavy atom. The van der Waals surface area contributed by atoms with E-state index in [0.29, 0.717) is 6.07 Å². The van der Waals surface area contributed by atoms with E-state index in [9.17, 15) is 54.6 Å². The summed E-state index contributed by atoms with van der Waals surface area (Å²) in [5.74, 6) is -3.04. The molecule has 4 N–H and O–H groups in total. The van der Waals surface area contributed by atoms with Crippen LogP contribution in [0.1, 0.15) is 0 Å². The third kappa shape index (κ3) is 15.9. The fourth-order valence-electron chi connectivity index (χ4n) is 4.67. The summed E-state index contributed by atoms with van der Waals surface area (Å²) in [6.07, 6.45) is -1.43. The molecule has 0 spiro atoms. The third-order valence-electron chi connectivity index (χ3n) is 7.08. The zero-order chi connectivity index (χ0) is 42.2. The second-order valence-electron chi connectivity index (χ2n) is 10.6. The van der Waals surface area contributed by atoms with Crippen LogP contribution in [0.4, 0.5) is 48.7 Å². The molecule has 0 radical (unpaired) electrons. The van der Waals surface area contributed by atoms with Gasteiger partial charge in [-0.3, -0.25) is 18.5 Å². The quantitative estimate of drug-likeness (QED) is 0.00627. The molecule has 0 aliphatic heterocycles. The minimum atomic E-state index is -5.23. The van der Waals surface area contributed by atoms with Gasteiger partial charge in [0.2, 0.25) is 5.95 Å². The van der Waals surface area contributed by atoms with Gasteiger partial charge in [-0.25, -0.2) is 16.8 Å². The molecule has 5 rings (SSSR count). The van der Waals surface area contributed by atoms with Gasteiger partial charge in [-0.05, 0) is 65.7 Å². The molecule has 0 saturated heterocycles. The first-order valence-corrected chi connectivity index (χ1v) is 20.4. The largest absolute Gasteiger partial charge is 1.00 e. The number of aromatic nitrogens is 2. The van der Waals surface area contributed by atoms with Gasteiger partial charge in [0, 0.05) is 22.5 Å². The Balaban J connectivity index is 0.00000480. The Hall–Kier alpha value is -0.930. The number of hydrogen-bond donors (Lipinski definition) is 3. The molecule has 308 valence electrons. The van der Waals surface area contributed by atoms with Crippen LogP contribution in [0.3, 0.4) is 0 Å². The Kier molecular flexibility index (Phi) is 25.8. The van der Waals surface area contributed by atoms with E-state index in [4.69, 9.17) is 9.92 Å². The summed E-state index contributed by atoms with van der Waals surface area (Å²) in [7, 11) is -9.38. The number of halogens is 2. The van der Waals surface area contributed by atoms with Crippen molar-refractivity contribution in [2.45, 2.75) is 19.6 Å². The molecule has 0 amide bonds. The van der Waals surface area contributed by atoms with Gasteiger partial charge in [-0.15, -0.1) is 24.8 Å². The number of aromatic hydroxyl groups is 1. The van der Waals surface area contributed by atoms with Gasteiger partial charge in [-0.2, -0.15) is 23.1 Å². The predicted molar refractivity (Wildman–Crippen MR) is 187 cm³/mol. The van der Waals surface area contributed by atoms with Crippen molar-refractivity contribution in [3.8, 4) is 5.75 Å². The number of nitrogens with two attached hydrogens (primary N) is 1. The molecule has 62 heavy (non-hydrogen) atoms. The van der Waals surface area contributed by atoms with Gasteiger partial charge in [0.05, 0.1) is 49.7 Å². The van der Waals surface area contributed by atoms with E-state index >= 15 is 0 Å². The Labute approximate surface area is 447 Å². The van der Waals surface area contributed by atoms with Crippen LogP contribution in [0.2, 0.25) is 0 Å². The van der Waals surface area contributed by atoms with Crippen molar-refractivity contribution in [2.75, 3.05) is 23.4 Å². The Bertz CT molecular complexity index is 2670. The molecule has 5 aromatic rings. The maximum atomic E-state index is 13.6. The summed E-state index contributed by atoms with van der Waals surface area (Å²) in [6, 6.07) is 10.0. The summed E-state index contributed by atoms with van der Waals surface area (Å²) >= 11 is -2.83. The van der Waals surface area contributed by atoms with Gasteiger partial charge in [0.1, 0.15) is 38.7 Å². The summed E-state index contributed by atoms with van der Waals surface area (Å²) < 4.78 is 126. The van der Waals surface area contributed by atoms with Crippen molar-refractivity contribution in [3.05, 3.63) is 72.7 Å². The number of hydrogen-bond acceptors (Lipinski definition) is 25. The zero-order valence-electron chi connectivity index (χ0n) is 31.9. The summed E-state index contributed by atoms with van der Waals surface area (Å²) in [5.41, 5.74) is 4.23. The first kappa shape index (κ1) is 59.1. The standard InChI is InChI=1S/C28H22F2N8O15S5.4Na/c29-23-12-24(34-28(30)33-23)32-13-1-6-22(58(46,47)48)19(9-13)36-38-26-20(54-52-50-40)11-16-15(27(26)39)3-4-17(31)25(16)37-35-18-5-2-14(10-21(18)56(42)43)57(44,45)8-7-49-55-53-51-41;;;;/h1-6,9-12,39-41H,7-8,31H2,(H,42,43)(H,32,33,34)(H,46,47,48);;;;/q;4*+1/p-4. The van der Waals surface area contributed by atoms with Crippen LogP contribution in [0, 0.1) is 12.0 Å². The monoisotopic (exact) mass is 996 g/mol. The normalized spacial score (nSPS) is 12.0. The van der Waals surface area contributed by atoms with Crippen LogP contribution < -0.4 is 140 Å². The number of benzene rings is 4. The van der Waals surface area contributed by atoms with Crippen LogP contribution in [-0.4, -0.2) is 57.6 Å². The van der Waals surface area contributed by atoms with E-state index in [0.717, 1.165) is 36.4 Å². The van der Waals surface area contributed by atoms with E-state index in [-0.39, 0.29) is 181 Å². The van der Waals surface area contributed by atoms with Gasteiger partial charge in [0.15, 0.2) is 27.9 Å². The number of nitrogens with one attached hydrogen (secondary N) is 1. The SMILES string of the molecule is Nc1ccc2c(O)c(N=Nc3cc(Nc4cc(F)nc(F)n4)ccc3S(=O)(=O)[O-])c(SOO[O-])cc2c1N=Nc1ccc(S(=O)(=O)CCOSOO[O-])cc1S(=O)[O-].[Na+].[Na+].[Na+].[Na+]. The summed E-state index contributed by atoms with van der Waals surface area (Å²) in [6.45, 7) is -0.485. The van der Waals surface area contributed by atoms with Gasteiger partial charge < -0.3 is 35.8 Å². The second kappa shape index (κ2) is 27.0. The topological polar surface area (TPSA) is 357 Å². The zero-order valence-corrected chi connectivity index (χ0v) is 44.0. The van der Waals surface area contributed by atoms with E-state index in [1.54, 1.807) is 0 Å². The van der Waals surface area contributed by atoms with E-state index in [2.05, 4.69) is 54.5 Å². The molecule has 0 saturated carbocycles. The molecule has 4 aromatic carbocycles. The first-order valence-electron chi connectivity index (χ1n) is 14.8. The van der Waals surface area contributed by atoms with Crippen LogP contribution in [-0.2, 0) is 54.0 Å². The molecule has 0 aliphatic carbocycles. The second-order valence-corrected chi connectivity index (χ2v) is 16.2.